The zero-order valence-corrected chi connectivity index (χ0v) is 20.7. The first-order valence-corrected chi connectivity index (χ1v) is 12.4. The third-order valence-corrected chi connectivity index (χ3v) is 7.54. The minimum absolute atomic E-state index is 0.338. The van der Waals surface area contributed by atoms with Crippen molar-refractivity contribution in [2.45, 2.75) is 29.1 Å². The quantitative estimate of drug-likeness (QED) is 0.284. The van der Waals surface area contributed by atoms with Crippen molar-refractivity contribution in [2.24, 2.45) is 0 Å². The van der Waals surface area contributed by atoms with Crippen LogP contribution < -0.4 is 4.90 Å². The van der Waals surface area contributed by atoms with Gasteiger partial charge in [-0.2, -0.15) is 26.3 Å². The number of aromatic hydroxyl groups is 1. The van der Waals surface area contributed by atoms with E-state index in [4.69, 9.17) is 5.11 Å². The van der Waals surface area contributed by atoms with Crippen molar-refractivity contribution in [2.75, 3.05) is 31.1 Å². The van der Waals surface area contributed by atoms with E-state index >= 15 is 0 Å². The normalized spacial score (nSPS) is 15.4. The maximum Gasteiger partial charge on any atom is 0.430 e. The Labute approximate surface area is 212 Å². The maximum absolute atomic E-state index is 13.0. The Bertz CT molecular complexity index is 1070. The molecule has 1 aromatic heterocycles. The third-order valence-electron chi connectivity index (χ3n) is 5.43. The maximum atomic E-state index is 13.0. The number of phenolic OH excluding ortho intramolecular Hbond substituents is 1. The number of anilines is 1. The molecule has 36 heavy (non-hydrogen) atoms. The van der Waals surface area contributed by atoms with Crippen LogP contribution in [0.3, 0.4) is 0 Å². The molecule has 0 radical (unpaired) electrons. The number of alkyl halides is 6. The van der Waals surface area contributed by atoms with Crippen molar-refractivity contribution < 1.29 is 36.6 Å². The number of rotatable bonds is 4. The van der Waals surface area contributed by atoms with Crippen molar-refractivity contribution in [3.63, 3.8) is 0 Å². The first-order chi connectivity index (χ1) is 16.8. The van der Waals surface area contributed by atoms with Crippen LogP contribution >= 0.6 is 23.3 Å². The Kier molecular flexibility index (Phi) is 8.86. The topological polar surface area (TPSA) is 46.9 Å². The predicted octanol–water partition coefficient (Wildman–Crippen LogP) is 6.59. The van der Waals surface area contributed by atoms with E-state index in [0.29, 0.717) is 49.7 Å². The van der Waals surface area contributed by atoms with Gasteiger partial charge in [0.25, 0.3) is 5.60 Å². The highest BCUT2D eigenvalue weighted by molar-refractivity contribution is 7.98. The van der Waals surface area contributed by atoms with Crippen molar-refractivity contribution in [3.05, 3.63) is 77.2 Å². The van der Waals surface area contributed by atoms with Gasteiger partial charge in [-0.3, -0.25) is 0 Å². The fourth-order valence-corrected chi connectivity index (χ4v) is 5.35. The van der Waals surface area contributed by atoms with Gasteiger partial charge in [0.2, 0.25) is 0 Å². The largest absolute Gasteiger partial charge is 0.508 e. The van der Waals surface area contributed by atoms with Crippen LogP contribution in [0.25, 0.3) is 0 Å². The van der Waals surface area contributed by atoms with Gasteiger partial charge in [-0.15, -0.1) is 11.3 Å². The average Bonchev–Trinajstić information content (AvgIpc) is 3.31. The van der Waals surface area contributed by atoms with Gasteiger partial charge in [-0.1, -0.05) is 30.3 Å². The first kappa shape index (κ1) is 28.2. The SMILES string of the molecule is Cc1cccc(O)c1.OC(c1ccc(N2CCN(Sc3cccs3)CC2)cc1)(C(F)(F)F)C(F)(F)F. The summed E-state index contributed by atoms with van der Waals surface area (Å²) in [4.78, 5) is 1.88. The molecule has 0 atom stereocenters. The molecule has 2 N–H and O–H groups in total. The molecule has 12 heteroatoms. The van der Waals surface area contributed by atoms with Crippen molar-refractivity contribution in [3.8, 4) is 5.75 Å². The molecule has 0 spiro atoms. The van der Waals surface area contributed by atoms with Gasteiger partial charge < -0.3 is 15.1 Å². The lowest BCUT2D eigenvalue weighted by atomic mass is 9.92. The molecule has 2 aromatic carbocycles. The standard InChI is InChI=1S/C17H16F6N2OS2.C7H8O/c18-16(19,20)15(26,17(21,22)23)12-3-5-13(6-4-12)24-7-9-25(10-8-24)28-14-2-1-11-27-14;1-6-3-2-4-7(8)5-6/h1-6,11,26H,7-10H2;2-5,8H,1H3. The molecule has 1 fully saturated rings. The zero-order chi connectivity index (χ0) is 26.6. The summed E-state index contributed by atoms with van der Waals surface area (Å²) in [5.41, 5.74) is -4.54. The Balaban J connectivity index is 0.000000383. The van der Waals surface area contributed by atoms with Crippen LogP contribution in [0.15, 0.2) is 70.3 Å². The number of aryl methyl sites for hydroxylation is 1. The second-order valence-electron chi connectivity index (χ2n) is 8.03. The number of piperazine rings is 1. The fourth-order valence-electron chi connectivity index (χ4n) is 3.51. The smallest absolute Gasteiger partial charge is 0.430 e. The van der Waals surface area contributed by atoms with Crippen LogP contribution in [-0.2, 0) is 5.60 Å². The molecule has 1 saturated heterocycles. The minimum Gasteiger partial charge on any atom is -0.508 e. The lowest BCUT2D eigenvalue weighted by molar-refractivity contribution is -0.376. The highest BCUT2D eigenvalue weighted by atomic mass is 32.2. The van der Waals surface area contributed by atoms with Gasteiger partial charge in [0, 0.05) is 37.4 Å². The molecule has 2 heterocycles. The molecule has 1 aliphatic rings. The predicted molar refractivity (Wildman–Crippen MR) is 129 cm³/mol. The number of hydrogen-bond donors (Lipinski definition) is 2. The lowest BCUT2D eigenvalue weighted by Gasteiger charge is -2.36. The van der Waals surface area contributed by atoms with Gasteiger partial charge in [0.15, 0.2) is 0 Å². The Morgan fingerprint density at radius 2 is 1.44 bits per heavy atom. The van der Waals surface area contributed by atoms with Crippen LogP contribution in [-0.4, -0.2) is 53.0 Å². The summed E-state index contributed by atoms with van der Waals surface area (Å²) in [6.07, 6.45) is -11.8. The van der Waals surface area contributed by atoms with E-state index < -0.39 is 23.5 Å². The molecule has 0 saturated carbocycles. The summed E-state index contributed by atoms with van der Waals surface area (Å²) < 4.78 is 81.0. The van der Waals surface area contributed by atoms with E-state index in [0.717, 1.165) is 9.77 Å². The molecular weight excluding hydrogens is 526 g/mol. The number of thiophene rings is 1. The summed E-state index contributed by atoms with van der Waals surface area (Å²) >= 11 is 3.24. The number of aliphatic hydroxyl groups is 1. The summed E-state index contributed by atoms with van der Waals surface area (Å²) in [5, 5.41) is 20.2. The number of phenols is 1. The molecule has 4 nitrogen and oxygen atoms in total. The molecule has 4 rings (SSSR count). The molecule has 0 unspecified atom stereocenters. The van der Waals surface area contributed by atoms with E-state index in [1.54, 1.807) is 35.4 Å². The van der Waals surface area contributed by atoms with E-state index in [2.05, 4.69) is 4.31 Å². The summed E-state index contributed by atoms with van der Waals surface area (Å²) in [6, 6.07) is 14.8. The van der Waals surface area contributed by atoms with Gasteiger partial charge in [-0.05, 0) is 60.1 Å². The molecule has 196 valence electrons. The van der Waals surface area contributed by atoms with Crippen LogP contribution in [0, 0.1) is 6.92 Å². The second kappa shape index (κ2) is 11.3. The zero-order valence-electron chi connectivity index (χ0n) is 19.1. The Morgan fingerprint density at radius 3 is 1.89 bits per heavy atom. The number of benzene rings is 2. The van der Waals surface area contributed by atoms with Gasteiger partial charge in [0.1, 0.15) is 5.75 Å². The molecule has 3 aromatic rings. The highest BCUT2D eigenvalue weighted by Gasteiger charge is 2.71. The average molecular weight is 551 g/mol. The van der Waals surface area contributed by atoms with Crippen molar-refractivity contribution in [1.29, 1.82) is 0 Å². The lowest BCUT2D eigenvalue weighted by Crippen LogP contribution is -2.53. The number of nitrogens with zero attached hydrogens (tertiary/aromatic N) is 2. The minimum atomic E-state index is -5.88. The Morgan fingerprint density at radius 1 is 0.833 bits per heavy atom. The Hall–Kier alpha value is -2.41. The molecule has 0 amide bonds. The molecule has 0 bridgehead atoms. The van der Waals surface area contributed by atoms with Crippen LogP contribution in [0.1, 0.15) is 11.1 Å². The van der Waals surface area contributed by atoms with E-state index in [9.17, 15) is 31.4 Å². The van der Waals surface area contributed by atoms with Gasteiger partial charge in [0.05, 0.1) is 4.21 Å². The number of halogens is 6. The van der Waals surface area contributed by atoms with Crippen LogP contribution in [0.2, 0.25) is 0 Å². The van der Waals surface area contributed by atoms with E-state index in [-0.39, 0.29) is 0 Å². The monoisotopic (exact) mass is 550 g/mol. The fraction of sp³-hybridized carbons (Fsp3) is 0.333. The molecule has 1 aliphatic heterocycles. The molecule has 0 aliphatic carbocycles. The van der Waals surface area contributed by atoms with Crippen molar-refractivity contribution in [1.82, 2.24) is 4.31 Å². The van der Waals surface area contributed by atoms with E-state index in [1.807, 2.05) is 41.5 Å². The van der Waals surface area contributed by atoms with Crippen molar-refractivity contribution >= 4 is 29.0 Å². The van der Waals surface area contributed by atoms with E-state index in [1.165, 1.54) is 12.1 Å². The van der Waals surface area contributed by atoms with Crippen LogP contribution in [0.4, 0.5) is 32.0 Å². The van der Waals surface area contributed by atoms with Gasteiger partial charge in [-0.25, -0.2) is 4.31 Å². The van der Waals surface area contributed by atoms with Crippen LogP contribution in [0.5, 0.6) is 5.75 Å². The second-order valence-corrected chi connectivity index (χ2v) is 10.4. The summed E-state index contributed by atoms with van der Waals surface area (Å²) in [5.74, 6) is 0.338. The molecular formula is C24H24F6N2O2S2. The summed E-state index contributed by atoms with van der Waals surface area (Å²) in [6.45, 7) is 4.50. The third kappa shape index (κ3) is 6.67. The van der Waals surface area contributed by atoms with Gasteiger partial charge >= 0.3 is 12.4 Å². The number of hydrogen-bond acceptors (Lipinski definition) is 6. The first-order valence-electron chi connectivity index (χ1n) is 10.7. The summed E-state index contributed by atoms with van der Waals surface area (Å²) in [7, 11) is 0. The highest BCUT2D eigenvalue weighted by Crippen LogP contribution is 2.50.